The topological polar surface area (TPSA) is 29.1 Å². The van der Waals surface area contributed by atoms with E-state index in [1.807, 2.05) is 24.3 Å². The highest BCUT2D eigenvalue weighted by Gasteiger charge is 2.14. The van der Waals surface area contributed by atoms with E-state index in [1.165, 1.54) is 24.3 Å². The summed E-state index contributed by atoms with van der Waals surface area (Å²) in [5.41, 5.74) is 1.55. The molecule has 104 valence electrons. The molecule has 0 saturated carbocycles. The molecule has 0 aliphatic rings. The Hall–Kier alpha value is -1.71. The quantitative estimate of drug-likeness (QED) is 0.848. The third-order valence-corrected chi connectivity index (χ3v) is 3.30. The summed E-state index contributed by atoms with van der Waals surface area (Å²) in [5, 5.41) is 3.83. The number of benzene rings is 2. The highest BCUT2D eigenvalue weighted by atomic mass is 35.5. The minimum Gasteiger partial charge on any atom is -0.303 e. The van der Waals surface area contributed by atoms with Crippen LogP contribution in [0.25, 0.3) is 0 Å². The summed E-state index contributed by atoms with van der Waals surface area (Å²) in [7, 11) is 0. The molecule has 0 heterocycles. The molecule has 4 heteroatoms. The fourth-order valence-electron chi connectivity index (χ4n) is 1.83. The lowest BCUT2D eigenvalue weighted by atomic mass is 10.1. The van der Waals surface area contributed by atoms with Gasteiger partial charge in [0.05, 0.1) is 6.04 Å². The van der Waals surface area contributed by atoms with Gasteiger partial charge in [-0.2, -0.15) is 0 Å². The molecule has 20 heavy (non-hydrogen) atoms. The summed E-state index contributed by atoms with van der Waals surface area (Å²) in [6.45, 7) is 2.37. The monoisotopic (exact) mass is 291 g/mol. The van der Waals surface area contributed by atoms with E-state index in [1.54, 1.807) is 6.92 Å². The summed E-state index contributed by atoms with van der Waals surface area (Å²) in [5.74, 6) is -0.401. The molecule has 2 aromatic rings. The van der Waals surface area contributed by atoms with Gasteiger partial charge in [-0.05, 0) is 48.9 Å². The van der Waals surface area contributed by atoms with Crippen LogP contribution in [0.15, 0.2) is 48.5 Å². The van der Waals surface area contributed by atoms with Crippen LogP contribution in [-0.4, -0.2) is 11.8 Å². The van der Waals surface area contributed by atoms with E-state index in [0.717, 1.165) is 5.56 Å². The fraction of sp³-hybridized carbons (Fsp3) is 0.188. The molecule has 0 aliphatic carbocycles. The smallest absolute Gasteiger partial charge is 0.179 e. The third-order valence-electron chi connectivity index (χ3n) is 3.05. The SMILES string of the molecule is CC(NCc1ccc(Cl)cc1)C(=O)c1ccc(F)cc1. The number of halogens is 2. The Morgan fingerprint density at radius 2 is 1.75 bits per heavy atom. The molecule has 1 atom stereocenters. The molecule has 0 aliphatic heterocycles. The van der Waals surface area contributed by atoms with Gasteiger partial charge >= 0.3 is 0 Å². The van der Waals surface area contributed by atoms with Crippen LogP contribution in [0, 0.1) is 5.82 Å². The molecular formula is C16H15ClFNO. The summed E-state index contributed by atoms with van der Waals surface area (Å²) < 4.78 is 12.8. The number of carbonyl (C=O) groups is 1. The van der Waals surface area contributed by atoms with Crippen molar-refractivity contribution >= 4 is 17.4 Å². The van der Waals surface area contributed by atoms with E-state index < -0.39 is 0 Å². The van der Waals surface area contributed by atoms with E-state index >= 15 is 0 Å². The summed E-state index contributed by atoms with van der Waals surface area (Å²) >= 11 is 5.81. The number of nitrogens with one attached hydrogen (secondary N) is 1. The first-order valence-electron chi connectivity index (χ1n) is 6.34. The molecule has 2 nitrogen and oxygen atoms in total. The van der Waals surface area contributed by atoms with Gasteiger partial charge in [0.15, 0.2) is 5.78 Å². The fourth-order valence-corrected chi connectivity index (χ4v) is 1.96. The highest BCUT2D eigenvalue weighted by molar-refractivity contribution is 6.30. The molecule has 1 N–H and O–H groups in total. The average Bonchev–Trinajstić information content (AvgIpc) is 2.46. The number of hydrogen-bond acceptors (Lipinski definition) is 2. The van der Waals surface area contributed by atoms with Gasteiger partial charge in [-0.3, -0.25) is 4.79 Å². The van der Waals surface area contributed by atoms with E-state index in [4.69, 9.17) is 11.6 Å². The minimum absolute atomic E-state index is 0.0565. The molecule has 0 fully saturated rings. The van der Waals surface area contributed by atoms with Crippen molar-refractivity contribution < 1.29 is 9.18 Å². The normalized spacial score (nSPS) is 12.2. The lowest BCUT2D eigenvalue weighted by molar-refractivity contribution is 0.0950. The van der Waals surface area contributed by atoms with Crippen LogP contribution < -0.4 is 5.32 Å². The Balaban J connectivity index is 1.94. The molecular weight excluding hydrogens is 277 g/mol. The van der Waals surface area contributed by atoms with Crippen LogP contribution in [-0.2, 0) is 6.54 Å². The largest absolute Gasteiger partial charge is 0.303 e. The average molecular weight is 292 g/mol. The number of hydrogen-bond donors (Lipinski definition) is 1. The van der Waals surface area contributed by atoms with E-state index in [9.17, 15) is 9.18 Å². The van der Waals surface area contributed by atoms with E-state index in [0.29, 0.717) is 17.1 Å². The highest BCUT2D eigenvalue weighted by Crippen LogP contribution is 2.10. The van der Waals surface area contributed by atoms with Gasteiger partial charge in [0.2, 0.25) is 0 Å². The zero-order valence-electron chi connectivity index (χ0n) is 11.1. The molecule has 0 saturated heterocycles. The van der Waals surface area contributed by atoms with E-state index in [2.05, 4.69) is 5.32 Å². The maximum atomic E-state index is 12.8. The standard InChI is InChI=1S/C16H15ClFNO/c1-11(16(20)13-4-8-15(18)9-5-13)19-10-12-2-6-14(17)7-3-12/h2-9,11,19H,10H2,1H3. The molecule has 1 unspecified atom stereocenters. The number of ketones is 1. The zero-order chi connectivity index (χ0) is 14.5. The maximum Gasteiger partial charge on any atom is 0.179 e. The van der Waals surface area contributed by atoms with Gasteiger partial charge in [-0.25, -0.2) is 4.39 Å². The van der Waals surface area contributed by atoms with Gasteiger partial charge in [-0.15, -0.1) is 0 Å². The zero-order valence-corrected chi connectivity index (χ0v) is 11.8. The lowest BCUT2D eigenvalue weighted by Gasteiger charge is -2.13. The molecule has 0 amide bonds. The Morgan fingerprint density at radius 1 is 1.15 bits per heavy atom. The van der Waals surface area contributed by atoms with Crippen molar-refractivity contribution in [3.63, 3.8) is 0 Å². The molecule has 0 aromatic heterocycles. The third kappa shape index (κ3) is 3.89. The minimum atomic E-state index is -0.344. The second-order valence-electron chi connectivity index (χ2n) is 4.60. The van der Waals surface area contributed by atoms with Crippen molar-refractivity contribution in [2.75, 3.05) is 0 Å². The van der Waals surface area contributed by atoms with Gasteiger partial charge < -0.3 is 5.32 Å². The Morgan fingerprint density at radius 3 is 2.35 bits per heavy atom. The molecule has 0 radical (unpaired) electrons. The van der Waals surface area contributed by atoms with Gasteiger partial charge in [0, 0.05) is 17.1 Å². The maximum absolute atomic E-state index is 12.8. The van der Waals surface area contributed by atoms with Crippen molar-refractivity contribution in [2.24, 2.45) is 0 Å². The molecule has 0 spiro atoms. The van der Waals surface area contributed by atoms with Crippen LogP contribution in [0.2, 0.25) is 5.02 Å². The Kier molecular flexibility index (Phi) is 4.88. The van der Waals surface area contributed by atoms with Crippen molar-refractivity contribution in [3.05, 3.63) is 70.5 Å². The lowest BCUT2D eigenvalue weighted by Crippen LogP contribution is -2.33. The summed E-state index contributed by atoms with van der Waals surface area (Å²) in [4.78, 5) is 12.1. The van der Waals surface area contributed by atoms with Crippen LogP contribution >= 0.6 is 11.6 Å². The number of rotatable bonds is 5. The Labute approximate surface area is 122 Å². The van der Waals surface area contributed by atoms with Crippen LogP contribution in [0.3, 0.4) is 0 Å². The second-order valence-corrected chi connectivity index (χ2v) is 5.04. The number of carbonyl (C=O) groups excluding carboxylic acids is 1. The molecule has 2 rings (SSSR count). The van der Waals surface area contributed by atoms with Gasteiger partial charge in [0.1, 0.15) is 5.82 Å². The summed E-state index contributed by atoms with van der Waals surface area (Å²) in [6, 6.07) is 12.7. The van der Waals surface area contributed by atoms with Crippen LogP contribution in [0.5, 0.6) is 0 Å². The van der Waals surface area contributed by atoms with Crippen molar-refractivity contribution in [1.82, 2.24) is 5.32 Å². The van der Waals surface area contributed by atoms with Crippen molar-refractivity contribution in [1.29, 1.82) is 0 Å². The van der Waals surface area contributed by atoms with Crippen molar-refractivity contribution in [2.45, 2.75) is 19.5 Å². The van der Waals surface area contributed by atoms with Crippen LogP contribution in [0.1, 0.15) is 22.8 Å². The first-order valence-corrected chi connectivity index (χ1v) is 6.71. The summed E-state index contributed by atoms with van der Waals surface area (Å²) in [6.07, 6.45) is 0. The first-order chi connectivity index (χ1) is 9.56. The van der Waals surface area contributed by atoms with Crippen LogP contribution in [0.4, 0.5) is 4.39 Å². The predicted molar refractivity (Wildman–Crippen MR) is 78.5 cm³/mol. The first kappa shape index (κ1) is 14.7. The Bertz CT molecular complexity index is 580. The van der Waals surface area contributed by atoms with Crippen molar-refractivity contribution in [3.8, 4) is 0 Å². The van der Waals surface area contributed by atoms with Gasteiger partial charge in [-0.1, -0.05) is 23.7 Å². The molecule has 0 bridgehead atoms. The molecule has 2 aromatic carbocycles. The second kappa shape index (κ2) is 6.64. The number of Topliss-reactive ketones (excluding diaryl/α,β-unsaturated/α-hetero) is 1. The predicted octanol–water partition coefficient (Wildman–Crippen LogP) is 3.84. The van der Waals surface area contributed by atoms with Gasteiger partial charge in [0.25, 0.3) is 0 Å². The van der Waals surface area contributed by atoms with E-state index in [-0.39, 0.29) is 17.6 Å².